The van der Waals surface area contributed by atoms with Crippen molar-refractivity contribution in [1.82, 2.24) is 15.2 Å². The highest BCUT2D eigenvalue weighted by Crippen LogP contribution is 2.27. The number of aromatic nitrogens is 3. The molecule has 0 amide bonds. The molecule has 0 unspecified atom stereocenters. The van der Waals surface area contributed by atoms with Crippen LogP contribution in [0.2, 0.25) is 0 Å². The fourth-order valence-electron chi connectivity index (χ4n) is 1.39. The highest BCUT2D eigenvalue weighted by Gasteiger charge is 2.05. The van der Waals surface area contributed by atoms with Gasteiger partial charge in [-0.2, -0.15) is 10.1 Å². The number of nitrogens with one attached hydrogen (secondary N) is 2. The van der Waals surface area contributed by atoms with Crippen LogP contribution < -0.4 is 5.32 Å². The van der Waals surface area contributed by atoms with E-state index in [1.54, 1.807) is 13.0 Å². The van der Waals surface area contributed by atoms with E-state index in [9.17, 15) is 5.11 Å². The van der Waals surface area contributed by atoms with E-state index in [-0.39, 0.29) is 5.75 Å². The Balaban J connectivity index is 2.40. The molecule has 0 bridgehead atoms. The van der Waals surface area contributed by atoms with Gasteiger partial charge in [0.15, 0.2) is 5.82 Å². The molecular weight excluding hydrogens is 236 g/mol. The number of nitrogens with zero attached hydrogens (tertiary/aromatic N) is 2. The number of phenols is 1. The molecule has 88 valence electrons. The number of benzene rings is 1. The summed E-state index contributed by atoms with van der Waals surface area (Å²) >= 11 is 4.90. The molecule has 0 aliphatic heterocycles. The van der Waals surface area contributed by atoms with E-state index >= 15 is 0 Å². The predicted molar refractivity (Wildman–Crippen MR) is 68.1 cm³/mol. The van der Waals surface area contributed by atoms with Crippen molar-refractivity contribution >= 4 is 23.7 Å². The summed E-state index contributed by atoms with van der Waals surface area (Å²) in [5, 5.41) is 19.3. The first-order valence-corrected chi connectivity index (χ1v) is 5.47. The third-order valence-corrected chi connectivity index (χ3v) is 2.46. The number of aromatic amines is 1. The SMILES string of the molecule is Cc1ccc(O)c(Nc2nc(=S)[nH]nc2C)c1. The molecule has 0 spiro atoms. The van der Waals surface area contributed by atoms with Crippen molar-refractivity contribution in [3.8, 4) is 5.75 Å². The second kappa shape index (κ2) is 4.50. The summed E-state index contributed by atoms with van der Waals surface area (Å²) in [5.74, 6) is 0.699. The summed E-state index contributed by atoms with van der Waals surface area (Å²) in [6.07, 6.45) is 0. The number of phenolic OH excluding ortho intramolecular Hbond substituents is 1. The zero-order chi connectivity index (χ0) is 12.4. The highest BCUT2D eigenvalue weighted by molar-refractivity contribution is 7.71. The van der Waals surface area contributed by atoms with Crippen LogP contribution in [-0.2, 0) is 0 Å². The average molecular weight is 248 g/mol. The Kier molecular flexibility index (Phi) is 3.06. The smallest absolute Gasteiger partial charge is 0.215 e. The van der Waals surface area contributed by atoms with Crippen LogP contribution in [0.15, 0.2) is 18.2 Å². The molecule has 0 atom stereocenters. The minimum atomic E-state index is 0.163. The predicted octanol–water partition coefficient (Wildman–Crippen LogP) is 2.60. The monoisotopic (exact) mass is 248 g/mol. The molecular formula is C11H12N4OS. The van der Waals surface area contributed by atoms with Crippen LogP contribution in [0.1, 0.15) is 11.3 Å². The fourth-order valence-corrected chi connectivity index (χ4v) is 1.52. The number of anilines is 2. The fraction of sp³-hybridized carbons (Fsp3) is 0.182. The zero-order valence-corrected chi connectivity index (χ0v) is 10.3. The van der Waals surface area contributed by atoms with Gasteiger partial charge in [-0.05, 0) is 43.8 Å². The van der Waals surface area contributed by atoms with Gasteiger partial charge >= 0.3 is 0 Å². The van der Waals surface area contributed by atoms with E-state index in [1.807, 2.05) is 19.1 Å². The maximum atomic E-state index is 9.71. The van der Waals surface area contributed by atoms with Crippen LogP contribution in [-0.4, -0.2) is 20.3 Å². The van der Waals surface area contributed by atoms with Gasteiger partial charge in [-0.25, -0.2) is 0 Å². The van der Waals surface area contributed by atoms with E-state index in [1.165, 1.54) is 0 Å². The molecule has 17 heavy (non-hydrogen) atoms. The van der Waals surface area contributed by atoms with E-state index in [2.05, 4.69) is 20.5 Å². The Morgan fingerprint density at radius 2 is 2.12 bits per heavy atom. The van der Waals surface area contributed by atoms with Crippen molar-refractivity contribution in [1.29, 1.82) is 0 Å². The van der Waals surface area contributed by atoms with E-state index in [0.29, 0.717) is 22.0 Å². The molecule has 1 heterocycles. The lowest BCUT2D eigenvalue weighted by molar-refractivity contribution is 0.477. The second-order valence-corrected chi connectivity index (χ2v) is 4.11. The first-order valence-electron chi connectivity index (χ1n) is 5.06. The lowest BCUT2D eigenvalue weighted by Gasteiger charge is -2.09. The van der Waals surface area contributed by atoms with Crippen LogP contribution in [0.4, 0.5) is 11.5 Å². The number of aromatic hydroxyl groups is 1. The molecule has 0 aliphatic rings. The van der Waals surface area contributed by atoms with Gasteiger partial charge in [-0.3, -0.25) is 5.10 Å². The molecule has 2 rings (SSSR count). The Morgan fingerprint density at radius 1 is 1.35 bits per heavy atom. The molecule has 2 aromatic rings. The molecule has 1 aromatic heterocycles. The van der Waals surface area contributed by atoms with Crippen molar-refractivity contribution in [3.63, 3.8) is 0 Å². The maximum absolute atomic E-state index is 9.71. The molecule has 0 saturated carbocycles. The second-order valence-electron chi connectivity index (χ2n) is 3.72. The minimum Gasteiger partial charge on any atom is -0.506 e. The number of hydrogen-bond acceptors (Lipinski definition) is 5. The summed E-state index contributed by atoms with van der Waals surface area (Å²) in [6, 6.07) is 5.29. The third-order valence-electron chi connectivity index (χ3n) is 2.28. The van der Waals surface area contributed by atoms with E-state index < -0.39 is 0 Å². The third kappa shape index (κ3) is 2.59. The molecule has 0 saturated heterocycles. The molecule has 0 fully saturated rings. The van der Waals surface area contributed by atoms with Crippen LogP contribution in [0.3, 0.4) is 0 Å². The standard InChI is InChI=1S/C11H12N4OS/c1-6-3-4-9(16)8(5-6)12-10-7(2)14-15-11(17)13-10/h3-5,16H,1-2H3,(H2,12,13,15,17). The number of hydrogen-bond donors (Lipinski definition) is 3. The number of rotatable bonds is 2. The maximum Gasteiger partial charge on any atom is 0.215 e. The van der Waals surface area contributed by atoms with Crippen LogP contribution in [0.25, 0.3) is 0 Å². The average Bonchev–Trinajstić information content (AvgIpc) is 2.28. The summed E-state index contributed by atoms with van der Waals surface area (Å²) < 4.78 is 0.297. The van der Waals surface area contributed by atoms with Crippen molar-refractivity contribution in [2.45, 2.75) is 13.8 Å². The topological polar surface area (TPSA) is 73.8 Å². The summed E-state index contributed by atoms with van der Waals surface area (Å²) in [6.45, 7) is 3.74. The van der Waals surface area contributed by atoms with Crippen molar-refractivity contribution in [2.24, 2.45) is 0 Å². The van der Waals surface area contributed by atoms with Crippen LogP contribution in [0, 0.1) is 18.6 Å². The van der Waals surface area contributed by atoms with Crippen molar-refractivity contribution < 1.29 is 5.11 Å². The van der Waals surface area contributed by atoms with E-state index in [4.69, 9.17) is 12.2 Å². The molecule has 0 radical (unpaired) electrons. The highest BCUT2D eigenvalue weighted by atomic mass is 32.1. The lowest BCUT2D eigenvalue weighted by Crippen LogP contribution is -2.01. The lowest BCUT2D eigenvalue weighted by atomic mass is 10.2. The number of H-pyrrole nitrogens is 1. The first kappa shape index (κ1) is 11.5. The van der Waals surface area contributed by atoms with Crippen LogP contribution in [0.5, 0.6) is 5.75 Å². The Morgan fingerprint density at radius 3 is 2.88 bits per heavy atom. The van der Waals surface area contributed by atoms with Gasteiger partial charge in [0.1, 0.15) is 11.4 Å². The molecule has 5 nitrogen and oxygen atoms in total. The normalized spacial score (nSPS) is 10.2. The van der Waals surface area contributed by atoms with Gasteiger partial charge in [0.25, 0.3) is 0 Å². The molecule has 6 heteroatoms. The van der Waals surface area contributed by atoms with Gasteiger partial charge in [0.2, 0.25) is 4.77 Å². The van der Waals surface area contributed by atoms with Crippen molar-refractivity contribution in [2.75, 3.05) is 5.32 Å². The summed E-state index contributed by atoms with van der Waals surface area (Å²) in [4.78, 5) is 4.11. The largest absolute Gasteiger partial charge is 0.506 e. The van der Waals surface area contributed by atoms with Crippen molar-refractivity contribution in [3.05, 3.63) is 34.2 Å². The minimum absolute atomic E-state index is 0.163. The first-order chi connectivity index (χ1) is 8.06. The number of aryl methyl sites for hydroxylation is 2. The van der Waals surface area contributed by atoms with Crippen LogP contribution >= 0.6 is 12.2 Å². The van der Waals surface area contributed by atoms with E-state index in [0.717, 1.165) is 5.56 Å². The zero-order valence-electron chi connectivity index (χ0n) is 9.48. The Hall–Kier alpha value is -1.95. The summed E-state index contributed by atoms with van der Waals surface area (Å²) in [7, 11) is 0. The van der Waals surface area contributed by atoms with Gasteiger partial charge < -0.3 is 10.4 Å². The summed E-state index contributed by atoms with van der Waals surface area (Å²) in [5.41, 5.74) is 2.31. The molecule has 1 aromatic carbocycles. The van der Waals surface area contributed by atoms with Gasteiger partial charge in [0, 0.05) is 0 Å². The van der Waals surface area contributed by atoms with Gasteiger partial charge in [0.05, 0.1) is 5.69 Å². The van der Waals surface area contributed by atoms with Gasteiger partial charge in [-0.15, -0.1) is 0 Å². The Labute approximate surface area is 104 Å². The van der Waals surface area contributed by atoms with Gasteiger partial charge in [-0.1, -0.05) is 6.07 Å². The Bertz CT molecular complexity index is 609. The molecule has 3 N–H and O–H groups in total. The molecule has 0 aliphatic carbocycles. The quantitative estimate of drug-likeness (QED) is 0.562.